The summed E-state index contributed by atoms with van der Waals surface area (Å²) in [6, 6.07) is 0. The predicted octanol–water partition coefficient (Wildman–Crippen LogP) is 1.62. The third-order valence-corrected chi connectivity index (χ3v) is 1.70. The van der Waals surface area contributed by atoms with Crippen molar-refractivity contribution in [3.63, 3.8) is 0 Å². The van der Waals surface area contributed by atoms with Gasteiger partial charge in [0.1, 0.15) is 0 Å². The Morgan fingerprint density at radius 3 is 2.75 bits per heavy atom. The first-order valence-corrected chi connectivity index (χ1v) is 3.24. The average molecular weight is 111 g/mol. The molecule has 0 amide bonds. The summed E-state index contributed by atoms with van der Waals surface area (Å²) in [5.41, 5.74) is 1.50. The zero-order valence-corrected chi connectivity index (χ0v) is 5.65. The number of rotatable bonds is 1. The van der Waals surface area contributed by atoms with Crippen LogP contribution in [-0.2, 0) is 0 Å². The Balaban J connectivity index is 2.49. The van der Waals surface area contributed by atoms with Crippen LogP contribution < -0.4 is 0 Å². The van der Waals surface area contributed by atoms with Crippen LogP contribution in [0.2, 0.25) is 0 Å². The molecule has 0 saturated heterocycles. The van der Waals surface area contributed by atoms with E-state index in [9.17, 15) is 0 Å². The van der Waals surface area contributed by atoms with E-state index in [2.05, 4.69) is 24.9 Å². The lowest BCUT2D eigenvalue weighted by Crippen LogP contribution is -2.11. The van der Waals surface area contributed by atoms with Crippen LogP contribution in [0, 0.1) is 0 Å². The summed E-state index contributed by atoms with van der Waals surface area (Å²) in [4.78, 5) is 2.32. The molecule has 0 atom stereocenters. The van der Waals surface area contributed by atoms with Gasteiger partial charge < -0.3 is 4.90 Å². The SMILES string of the molecule is CCC1=CCCN1C. The monoisotopic (exact) mass is 111 g/mol. The van der Waals surface area contributed by atoms with E-state index in [1.165, 1.54) is 25.1 Å². The van der Waals surface area contributed by atoms with E-state index in [0.29, 0.717) is 0 Å². The third kappa shape index (κ3) is 0.857. The number of allylic oxidation sites excluding steroid dienone is 1. The fraction of sp³-hybridized carbons (Fsp3) is 0.714. The second kappa shape index (κ2) is 2.21. The van der Waals surface area contributed by atoms with Crippen LogP contribution >= 0.6 is 0 Å². The van der Waals surface area contributed by atoms with Crippen molar-refractivity contribution in [2.75, 3.05) is 13.6 Å². The van der Waals surface area contributed by atoms with Gasteiger partial charge in [0, 0.05) is 19.3 Å². The summed E-state index contributed by atoms with van der Waals surface area (Å²) in [6.07, 6.45) is 4.76. The third-order valence-electron chi connectivity index (χ3n) is 1.70. The van der Waals surface area contributed by atoms with Crippen LogP contribution in [0.15, 0.2) is 11.8 Å². The molecule has 1 rings (SSSR count). The lowest BCUT2D eigenvalue weighted by atomic mass is 10.3. The highest BCUT2D eigenvalue weighted by molar-refractivity contribution is 5.05. The fourth-order valence-corrected chi connectivity index (χ4v) is 1.14. The molecule has 0 aromatic heterocycles. The summed E-state index contributed by atoms with van der Waals surface area (Å²) in [5.74, 6) is 0. The molecular formula is C7H13N. The van der Waals surface area contributed by atoms with Crippen LogP contribution in [0.5, 0.6) is 0 Å². The quantitative estimate of drug-likeness (QED) is 0.497. The molecule has 0 saturated carbocycles. The second-order valence-corrected chi connectivity index (χ2v) is 2.26. The fourth-order valence-electron chi connectivity index (χ4n) is 1.14. The molecule has 46 valence electrons. The van der Waals surface area contributed by atoms with Gasteiger partial charge in [0.25, 0.3) is 0 Å². The van der Waals surface area contributed by atoms with Crippen molar-refractivity contribution >= 4 is 0 Å². The smallest absolute Gasteiger partial charge is 0.0206 e. The molecule has 1 nitrogen and oxygen atoms in total. The van der Waals surface area contributed by atoms with Gasteiger partial charge in [-0.3, -0.25) is 0 Å². The minimum Gasteiger partial charge on any atom is -0.378 e. The van der Waals surface area contributed by atoms with Crippen molar-refractivity contribution < 1.29 is 0 Å². The summed E-state index contributed by atoms with van der Waals surface area (Å²) in [5, 5.41) is 0. The highest BCUT2D eigenvalue weighted by atomic mass is 15.1. The van der Waals surface area contributed by atoms with E-state index in [-0.39, 0.29) is 0 Å². The van der Waals surface area contributed by atoms with Crippen molar-refractivity contribution in [2.24, 2.45) is 0 Å². The summed E-state index contributed by atoms with van der Waals surface area (Å²) in [6.45, 7) is 3.43. The van der Waals surface area contributed by atoms with Crippen LogP contribution in [0.1, 0.15) is 19.8 Å². The molecule has 0 N–H and O–H groups in total. The molecule has 1 heterocycles. The zero-order chi connectivity index (χ0) is 5.98. The molecule has 0 fully saturated rings. The van der Waals surface area contributed by atoms with Gasteiger partial charge in [-0.05, 0) is 12.8 Å². The summed E-state index contributed by atoms with van der Waals surface area (Å²) >= 11 is 0. The zero-order valence-electron chi connectivity index (χ0n) is 5.65. The predicted molar refractivity (Wildman–Crippen MR) is 35.6 cm³/mol. The summed E-state index contributed by atoms with van der Waals surface area (Å²) in [7, 11) is 2.16. The summed E-state index contributed by atoms with van der Waals surface area (Å²) < 4.78 is 0. The largest absolute Gasteiger partial charge is 0.378 e. The van der Waals surface area contributed by atoms with Gasteiger partial charge in [0.15, 0.2) is 0 Å². The van der Waals surface area contributed by atoms with Crippen LogP contribution in [-0.4, -0.2) is 18.5 Å². The normalized spacial score (nSPS) is 19.2. The van der Waals surface area contributed by atoms with E-state index in [1.54, 1.807) is 0 Å². The molecule has 0 unspecified atom stereocenters. The van der Waals surface area contributed by atoms with Crippen molar-refractivity contribution in [2.45, 2.75) is 19.8 Å². The van der Waals surface area contributed by atoms with Crippen molar-refractivity contribution in [3.05, 3.63) is 11.8 Å². The van der Waals surface area contributed by atoms with E-state index in [0.717, 1.165) is 0 Å². The van der Waals surface area contributed by atoms with Gasteiger partial charge in [-0.1, -0.05) is 13.0 Å². The van der Waals surface area contributed by atoms with Crippen molar-refractivity contribution in [1.82, 2.24) is 4.90 Å². The molecule has 0 aromatic carbocycles. The van der Waals surface area contributed by atoms with E-state index in [4.69, 9.17) is 0 Å². The Hall–Kier alpha value is -0.460. The minimum atomic E-state index is 1.19. The lowest BCUT2D eigenvalue weighted by molar-refractivity contribution is 0.446. The maximum atomic E-state index is 2.32. The molecular weight excluding hydrogens is 98.1 g/mol. The van der Waals surface area contributed by atoms with Gasteiger partial charge in [-0.15, -0.1) is 0 Å². The van der Waals surface area contributed by atoms with Gasteiger partial charge in [-0.2, -0.15) is 0 Å². The Morgan fingerprint density at radius 1 is 1.75 bits per heavy atom. The number of nitrogens with zero attached hydrogens (tertiary/aromatic N) is 1. The van der Waals surface area contributed by atoms with Crippen LogP contribution in [0.4, 0.5) is 0 Å². The number of hydrogen-bond acceptors (Lipinski definition) is 1. The van der Waals surface area contributed by atoms with Crippen molar-refractivity contribution in [3.8, 4) is 0 Å². The first kappa shape index (κ1) is 5.67. The molecule has 0 spiro atoms. The van der Waals surface area contributed by atoms with Gasteiger partial charge >= 0.3 is 0 Å². The first-order chi connectivity index (χ1) is 3.84. The van der Waals surface area contributed by atoms with Crippen molar-refractivity contribution in [1.29, 1.82) is 0 Å². The molecule has 0 aromatic rings. The van der Waals surface area contributed by atoms with E-state index < -0.39 is 0 Å². The van der Waals surface area contributed by atoms with Gasteiger partial charge in [0.05, 0.1) is 0 Å². The molecule has 1 heteroatoms. The first-order valence-electron chi connectivity index (χ1n) is 3.24. The molecule has 0 aliphatic carbocycles. The standard InChI is InChI=1S/C7H13N/c1-3-7-5-4-6-8(7)2/h5H,3-4,6H2,1-2H3. The lowest BCUT2D eigenvalue weighted by Gasteiger charge is -2.13. The highest BCUT2D eigenvalue weighted by Gasteiger charge is 2.06. The Kier molecular flexibility index (Phi) is 1.56. The van der Waals surface area contributed by atoms with Crippen LogP contribution in [0.25, 0.3) is 0 Å². The Bertz CT molecular complexity index is 105. The topological polar surface area (TPSA) is 3.24 Å². The second-order valence-electron chi connectivity index (χ2n) is 2.26. The maximum absolute atomic E-state index is 2.32. The molecule has 8 heavy (non-hydrogen) atoms. The molecule has 1 aliphatic heterocycles. The number of hydrogen-bond donors (Lipinski definition) is 0. The molecule has 0 bridgehead atoms. The highest BCUT2D eigenvalue weighted by Crippen LogP contribution is 2.13. The van der Waals surface area contributed by atoms with E-state index in [1.807, 2.05) is 0 Å². The van der Waals surface area contributed by atoms with Gasteiger partial charge in [0.2, 0.25) is 0 Å². The average Bonchev–Trinajstić information content (AvgIpc) is 2.14. The van der Waals surface area contributed by atoms with Crippen LogP contribution in [0.3, 0.4) is 0 Å². The Morgan fingerprint density at radius 2 is 2.50 bits per heavy atom. The maximum Gasteiger partial charge on any atom is 0.0206 e. The molecule has 1 aliphatic rings. The van der Waals surface area contributed by atoms with Gasteiger partial charge in [-0.25, -0.2) is 0 Å². The molecule has 0 radical (unpaired) electrons. The van der Waals surface area contributed by atoms with E-state index >= 15 is 0 Å². The Labute approximate surface area is 51.0 Å². The minimum absolute atomic E-state index is 1.19.